The summed E-state index contributed by atoms with van der Waals surface area (Å²) in [7, 11) is 0. The summed E-state index contributed by atoms with van der Waals surface area (Å²) in [6, 6.07) is 16.6. The smallest absolute Gasteiger partial charge is 0.249 e. The summed E-state index contributed by atoms with van der Waals surface area (Å²) in [5.41, 5.74) is 6.61. The molecule has 262 valence electrons. The van der Waals surface area contributed by atoms with E-state index in [1.165, 1.54) is 0 Å². The second-order valence-electron chi connectivity index (χ2n) is 14.9. The van der Waals surface area contributed by atoms with E-state index in [1.54, 1.807) is 20.0 Å². The Labute approximate surface area is 298 Å². The monoisotopic (exact) mass is 696 g/mol. The Morgan fingerprint density at radius 3 is 2.65 bits per heavy atom. The Morgan fingerprint density at radius 2 is 1.83 bits per heavy atom. The number of aromatic nitrogens is 3. The molecule has 2 amide bonds. The molecule has 0 radical (unpaired) electrons. The van der Waals surface area contributed by atoms with Crippen LogP contribution in [0.5, 0.6) is 5.75 Å². The highest BCUT2D eigenvalue weighted by Crippen LogP contribution is 2.61. The van der Waals surface area contributed by atoms with Gasteiger partial charge in [0, 0.05) is 51.5 Å². The molecule has 6 aromatic rings. The molecule has 12 nitrogen and oxygen atoms in total. The highest BCUT2D eigenvalue weighted by atomic mass is 16.5. The van der Waals surface area contributed by atoms with Crippen molar-refractivity contribution in [3.63, 3.8) is 0 Å². The van der Waals surface area contributed by atoms with Gasteiger partial charge >= 0.3 is 0 Å². The Morgan fingerprint density at radius 1 is 1.00 bits per heavy atom. The fourth-order valence-corrected chi connectivity index (χ4v) is 8.42. The van der Waals surface area contributed by atoms with E-state index in [4.69, 9.17) is 23.5 Å². The molecule has 5 N–H and O–H groups in total. The first-order valence-corrected chi connectivity index (χ1v) is 17.7. The maximum absolute atomic E-state index is 14.1. The number of amides is 2. The number of oxazole rings is 2. The quantitative estimate of drug-likeness (QED) is 0.153. The van der Waals surface area contributed by atoms with Gasteiger partial charge in [0.05, 0.1) is 6.20 Å². The average Bonchev–Trinajstić information content (AvgIpc) is 3.95. The molecule has 10 rings (SSSR count). The molecule has 0 saturated heterocycles. The number of carbonyl (C=O) groups excluding carboxylic acids is 2. The fraction of sp³-hybridized carbons (Fsp3) is 0.300. The first-order chi connectivity index (χ1) is 25.1. The van der Waals surface area contributed by atoms with Crippen LogP contribution in [0, 0.1) is 11.8 Å². The lowest BCUT2D eigenvalue weighted by Gasteiger charge is -2.29. The van der Waals surface area contributed by atoms with Gasteiger partial charge in [-0.2, -0.15) is 0 Å². The molecule has 7 heterocycles. The number of para-hydroxylation sites is 1. The van der Waals surface area contributed by atoms with Crippen molar-refractivity contribution in [2.45, 2.75) is 63.9 Å². The van der Waals surface area contributed by atoms with Crippen LogP contribution in [-0.4, -0.2) is 50.2 Å². The first-order valence-electron chi connectivity index (χ1n) is 17.7. The highest BCUT2D eigenvalue weighted by molar-refractivity contribution is 6.07. The van der Waals surface area contributed by atoms with Crippen LogP contribution < -0.4 is 20.7 Å². The number of ether oxygens (including phenoxy) is 1. The molecule has 12 heteroatoms. The summed E-state index contributed by atoms with van der Waals surface area (Å²) in [6.45, 7) is 7.44. The topological polar surface area (TPSA) is 168 Å². The van der Waals surface area contributed by atoms with Crippen molar-refractivity contribution in [3.8, 4) is 39.8 Å². The third-order valence-electron chi connectivity index (χ3n) is 11.0. The number of H-pyrrole nitrogens is 1. The number of aliphatic hydroxyl groups excluding tert-OH is 1. The summed E-state index contributed by atoms with van der Waals surface area (Å²) >= 11 is 0. The molecule has 4 aliphatic heterocycles. The Balaban J connectivity index is 1.28. The third-order valence-corrected chi connectivity index (χ3v) is 11.0. The van der Waals surface area contributed by atoms with Gasteiger partial charge in [0.25, 0.3) is 0 Å². The number of hydrogen-bond donors (Lipinski definition) is 5. The van der Waals surface area contributed by atoms with Crippen LogP contribution >= 0.6 is 0 Å². The predicted octanol–water partition coefficient (Wildman–Crippen LogP) is 5.81. The van der Waals surface area contributed by atoms with Gasteiger partial charge in [0.15, 0.2) is 23.4 Å². The van der Waals surface area contributed by atoms with Crippen LogP contribution in [0.15, 0.2) is 75.8 Å². The zero-order valence-corrected chi connectivity index (χ0v) is 28.9. The second-order valence-corrected chi connectivity index (χ2v) is 14.9. The lowest BCUT2D eigenvalue weighted by molar-refractivity contribution is -0.135. The van der Waals surface area contributed by atoms with Crippen LogP contribution in [-0.2, 0) is 21.4 Å². The van der Waals surface area contributed by atoms with E-state index in [9.17, 15) is 14.7 Å². The number of nitrogens with one attached hydrogen (secondary N) is 4. The lowest BCUT2D eigenvalue weighted by atomic mass is 9.72. The van der Waals surface area contributed by atoms with Crippen LogP contribution in [0.2, 0.25) is 0 Å². The minimum atomic E-state index is -1.28. The minimum absolute atomic E-state index is 0.169. The van der Waals surface area contributed by atoms with Crippen LogP contribution in [0.1, 0.15) is 62.1 Å². The number of carbonyl (C=O) groups is 2. The van der Waals surface area contributed by atoms with Crippen molar-refractivity contribution in [2.75, 3.05) is 5.32 Å². The molecule has 0 saturated carbocycles. The summed E-state index contributed by atoms with van der Waals surface area (Å²) in [5.74, 6) is 0.694. The fourth-order valence-electron chi connectivity index (χ4n) is 8.42. The molecule has 5 atom stereocenters. The van der Waals surface area contributed by atoms with Gasteiger partial charge in [-0.1, -0.05) is 70.2 Å². The molecule has 0 aliphatic carbocycles. The molecule has 3 aromatic carbocycles. The molecule has 4 aliphatic rings. The maximum Gasteiger partial charge on any atom is 0.249 e. The summed E-state index contributed by atoms with van der Waals surface area (Å²) in [6.07, 6.45) is 1.90. The van der Waals surface area contributed by atoms with E-state index in [-0.39, 0.29) is 30.0 Å². The number of nitrogens with zero attached hydrogens (tertiary/aromatic N) is 2. The Hall–Kier alpha value is -5.88. The summed E-state index contributed by atoms with van der Waals surface area (Å²) in [4.78, 5) is 40.6. The molecule has 3 aromatic heterocycles. The van der Waals surface area contributed by atoms with Crippen LogP contribution in [0.25, 0.3) is 44.9 Å². The van der Waals surface area contributed by atoms with Gasteiger partial charge in [-0.15, -0.1) is 0 Å². The van der Waals surface area contributed by atoms with Gasteiger partial charge in [-0.25, -0.2) is 9.97 Å². The van der Waals surface area contributed by atoms with Gasteiger partial charge < -0.3 is 39.6 Å². The normalized spacial score (nSPS) is 22.6. The molecule has 0 unspecified atom stereocenters. The Bertz CT molecular complexity index is 2480. The van der Waals surface area contributed by atoms with Crippen LogP contribution in [0.3, 0.4) is 0 Å². The van der Waals surface area contributed by atoms with Crippen molar-refractivity contribution in [1.82, 2.24) is 25.6 Å². The molecular formula is C40H36N6O6. The molecule has 52 heavy (non-hydrogen) atoms. The van der Waals surface area contributed by atoms with Crippen molar-refractivity contribution in [3.05, 3.63) is 95.3 Å². The second kappa shape index (κ2) is 10.8. The summed E-state index contributed by atoms with van der Waals surface area (Å²) in [5, 5.41) is 21.3. The van der Waals surface area contributed by atoms with Crippen LogP contribution in [0.4, 0.5) is 5.69 Å². The largest absolute Gasteiger partial charge is 0.469 e. The standard InChI is InChI=1S/C40H36N6O6/c1-17(2)30-38-45-32-34(52-38)40-23-9-5-8-21(20-7-6-10-25-29(20)22(15-41-25)28-16-42-37(32)50-28)31(23)46-39(40)51-27-12-11-19(13-24(27)40)14-26(35(48)44-30)43-36(49)33(47)18(3)4/h5-13,15-18,26,30,33,39,41,46-47H,14H2,1-4H3,(H,43,49)(H,44,48)/t26-,30-,33-,39+,40-/m0/s1. The van der Waals surface area contributed by atoms with Gasteiger partial charge in [0.1, 0.15) is 29.4 Å². The number of anilines is 1. The van der Waals surface area contributed by atoms with E-state index in [0.717, 1.165) is 50.0 Å². The summed E-state index contributed by atoms with van der Waals surface area (Å²) < 4.78 is 20.4. The number of aromatic amines is 1. The van der Waals surface area contributed by atoms with Gasteiger partial charge in [-0.05, 0) is 35.1 Å². The molecular weight excluding hydrogens is 660 g/mol. The first kappa shape index (κ1) is 30.9. The van der Waals surface area contributed by atoms with Crippen molar-refractivity contribution >= 4 is 28.4 Å². The van der Waals surface area contributed by atoms with E-state index in [0.29, 0.717) is 23.0 Å². The van der Waals surface area contributed by atoms with Crippen molar-refractivity contribution in [2.24, 2.45) is 11.8 Å². The van der Waals surface area contributed by atoms with Crippen molar-refractivity contribution < 1.29 is 28.3 Å². The zero-order valence-electron chi connectivity index (χ0n) is 28.9. The molecule has 1 spiro atoms. The van der Waals surface area contributed by atoms with E-state index >= 15 is 0 Å². The predicted molar refractivity (Wildman–Crippen MR) is 191 cm³/mol. The van der Waals surface area contributed by atoms with E-state index in [2.05, 4.69) is 45.2 Å². The number of benzene rings is 3. The average molecular weight is 697 g/mol. The molecule has 10 bridgehead atoms. The van der Waals surface area contributed by atoms with Gasteiger partial charge in [-0.3, -0.25) is 9.59 Å². The number of aliphatic hydroxyl groups is 1. The highest BCUT2D eigenvalue weighted by Gasteiger charge is 2.61. The lowest BCUT2D eigenvalue weighted by Crippen LogP contribution is -2.52. The molecule has 0 fully saturated rings. The number of fused-ring (bicyclic) bond motifs is 7. The number of hydrogen-bond acceptors (Lipinski definition) is 9. The van der Waals surface area contributed by atoms with Gasteiger partial charge in [0.2, 0.25) is 23.6 Å². The maximum atomic E-state index is 14.1. The zero-order chi connectivity index (χ0) is 35.6. The number of rotatable bonds is 4. The SMILES string of the molecule is CC(C)[C@H](O)C(=O)N[C@H]1Cc2ccc3c(c2)[C@]24c5cccc(c5N[C@@H]2O3)-c2cccc3[nH]cc(c23)-c2cnc(o2)-c2nc(oc24)[C@H](C(C)C)NC1=O. The van der Waals surface area contributed by atoms with E-state index in [1.807, 2.05) is 50.4 Å². The van der Waals surface area contributed by atoms with Crippen molar-refractivity contribution in [1.29, 1.82) is 0 Å². The third kappa shape index (κ3) is 4.12. The van der Waals surface area contributed by atoms with E-state index < -0.39 is 41.6 Å². The Kier molecular flexibility index (Phi) is 6.43. The minimum Gasteiger partial charge on any atom is -0.469 e.